The van der Waals surface area contributed by atoms with Crippen molar-refractivity contribution in [1.29, 1.82) is 0 Å². The summed E-state index contributed by atoms with van der Waals surface area (Å²) in [4.78, 5) is 10.4. The monoisotopic (exact) mass is 252 g/mol. The fourth-order valence-electron chi connectivity index (χ4n) is 1.40. The van der Waals surface area contributed by atoms with E-state index in [0.29, 0.717) is 26.1 Å². The number of hydrogen-bond donors (Lipinski definition) is 3. The van der Waals surface area contributed by atoms with E-state index in [2.05, 4.69) is 4.72 Å². The van der Waals surface area contributed by atoms with Gasteiger partial charge in [0.15, 0.2) is 0 Å². The van der Waals surface area contributed by atoms with Crippen LogP contribution >= 0.6 is 0 Å². The molecule has 0 amide bonds. The zero-order valence-electron chi connectivity index (χ0n) is 8.76. The van der Waals surface area contributed by atoms with E-state index in [1.807, 2.05) is 0 Å². The molecule has 94 valence electrons. The molecule has 1 aliphatic rings. The minimum Gasteiger partial charge on any atom is -0.480 e. The highest BCUT2D eigenvalue weighted by Crippen LogP contribution is 2.14. The molecule has 0 aliphatic carbocycles. The van der Waals surface area contributed by atoms with Crippen molar-refractivity contribution in [1.82, 2.24) is 4.72 Å². The summed E-state index contributed by atoms with van der Waals surface area (Å²) in [6.07, 6.45) is 0.856. The van der Waals surface area contributed by atoms with Gasteiger partial charge in [-0.2, -0.15) is 0 Å². The minimum absolute atomic E-state index is 0.283. The number of carboxylic acids is 1. The molecule has 0 aromatic heterocycles. The molecule has 1 saturated heterocycles. The van der Waals surface area contributed by atoms with E-state index in [-0.39, 0.29) is 6.54 Å². The summed E-state index contributed by atoms with van der Waals surface area (Å²) < 4.78 is 30.7. The fraction of sp³-hybridized carbons (Fsp3) is 0.875. The summed E-state index contributed by atoms with van der Waals surface area (Å²) in [5.74, 6) is -1.23. The molecule has 8 heteroatoms. The molecule has 1 heterocycles. The Morgan fingerprint density at radius 2 is 2.06 bits per heavy atom. The lowest BCUT2D eigenvalue weighted by atomic mass is 10.2. The Bertz CT molecular complexity index is 336. The van der Waals surface area contributed by atoms with Gasteiger partial charge >= 0.3 is 5.97 Å². The summed E-state index contributed by atoms with van der Waals surface area (Å²) in [5.41, 5.74) is 5.20. The van der Waals surface area contributed by atoms with E-state index >= 15 is 0 Å². The molecule has 4 N–H and O–H groups in total. The Morgan fingerprint density at radius 3 is 2.56 bits per heavy atom. The van der Waals surface area contributed by atoms with Crippen LogP contribution in [0.3, 0.4) is 0 Å². The predicted octanol–water partition coefficient (Wildman–Crippen LogP) is -1.50. The molecule has 0 aromatic rings. The van der Waals surface area contributed by atoms with E-state index in [9.17, 15) is 13.2 Å². The van der Waals surface area contributed by atoms with Gasteiger partial charge < -0.3 is 15.6 Å². The van der Waals surface area contributed by atoms with Crippen LogP contribution in [0.15, 0.2) is 0 Å². The lowest BCUT2D eigenvalue weighted by Crippen LogP contribution is -2.46. The number of nitrogens with two attached hydrogens (primary N) is 1. The molecule has 1 atom stereocenters. The largest absolute Gasteiger partial charge is 0.480 e. The SMILES string of the molecule is N[C@@H](CNS(=O)(=O)C1CCOCC1)C(=O)O. The summed E-state index contributed by atoms with van der Waals surface area (Å²) in [7, 11) is -3.49. The molecule has 0 spiro atoms. The minimum atomic E-state index is -3.49. The molecule has 0 bridgehead atoms. The van der Waals surface area contributed by atoms with Crippen molar-refractivity contribution in [3.63, 3.8) is 0 Å². The van der Waals surface area contributed by atoms with Crippen molar-refractivity contribution >= 4 is 16.0 Å². The molecule has 0 saturated carbocycles. The molecular weight excluding hydrogens is 236 g/mol. The Labute approximate surface area is 94.0 Å². The molecule has 0 unspecified atom stereocenters. The van der Waals surface area contributed by atoms with Crippen LogP contribution in [0.2, 0.25) is 0 Å². The average molecular weight is 252 g/mol. The maximum Gasteiger partial charge on any atom is 0.321 e. The Balaban J connectivity index is 2.47. The Morgan fingerprint density at radius 1 is 1.50 bits per heavy atom. The summed E-state index contributed by atoms with van der Waals surface area (Å²) in [5, 5.41) is 8.00. The van der Waals surface area contributed by atoms with Gasteiger partial charge in [0.1, 0.15) is 6.04 Å². The molecule has 7 nitrogen and oxygen atoms in total. The van der Waals surface area contributed by atoms with Crippen LogP contribution in [0.5, 0.6) is 0 Å². The second kappa shape index (κ2) is 5.58. The number of aliphatic carboxylic acids is 1. The highest BCUT2D eigenvalue weighted by Gasteiger charge is 2.28. The standard InChI is InChI=1S/C8H16N2O5S/c9-7(8(11)12)5-10-16(13,14)6-1-3-15-4-2-6/h6-7,10H,1-5,9H2,(H,11,12)/t7-/m0/s1. The van der Waals surface area contributed by atoms with E-state index in [0.717, 1.165) is 0 Å². The van der Waals surface area contributed by atoms with Gasteiger partial charge in [0.25, 0.3) is 0 Å². The Hall–Kier alpha value is -0.700. The second-order valence-corrected chi connectivity index (χ2v) is 5.70. The smallest absolute Gasteiger partial charge is 0.321 e. The maximum absolute atomic E-state index is 11.7. The molecular formula is C8H16N2O5S. The van der Waals surface area contributed by atoms with E-state index in [1.54, 1.807) is 0 Å². The average Bonchev–Trinajstić information content (AvgIpc) is 2.27. The van der Waals surface area contributed by atoms with Gasteiger partial charge in [-0.25, -0.2) is 13.1 Å². The van der Waals surface area contributed by atoms with Crippen molar-refractivity contribution in [2.24, 2.45) is 5.73 Å². The van der Waals surface area contributed by atoms with Crippen molar-refractivity contribution in [2.75, 3.05) is 19.8 Å². The molecule has 1 aliphatic heterocycles. The van der Waals surface area contributed by atoms with E-state index in [1.165, 1.54) is 0 Å². The zero-order chi connectivity index (χ0) is 12.2. The summed E-state index contributed by atoms with van der Waals surface area (Å²) >= 11 is 0. The van der Waals surface area contributed by atoms with Crippen LogP contribution < -0.4 is 10.5 Å². The van der Waals surface area contributed by atoms with Crippen molar-refractivity contribution in [3.8, 4) is 0 Å². The highest BCUT2D eigenvalue weighted by atomic mass is 32.2. The first-order valence-electron chi connectivity index (χ1n) is 4.98. The number of carboxylic acid groups (broad SMARTS) is 1. The van der Waals surface area contributed by atoms with Crippen LogP contribution in [-0.2, 0) is 19.6 Å². The summed E-state index contributed by atoms with van der Waals surface area (Å²) in [6, 6.07) is -1.21. The van der Waals surface area contributed by atoms with Gasteiger partial charge in [-0.3, -0.25) is 4.79 Å². The number of sulfonamides is 1. The van der Waals surface area contributed by atoms with Crippen molar-refractivity contribution in [2.45, 2.75) is 24.1 Å². The first kappa shape index (κ1) is 13.4. The van der Waals surface area contributed by atoms with Gasteiger partial charge in [-0.15, -0.1) is 0 Å². The van der Waals surface area contributed by atoms with Crippen LogP contribution in [0.25, 0.3) is 0 Å². The quantitative estimate of drug-likeness (QED) is 0.547. The Kier molecular flexibility index (Phi) is 4.66. The predicted molar refractivity (Wildman–Crippen MR) is 56.4 cm³/mol. The molecule has 0 radical (unpaired) electrons. The van der Waals surface area contributed by atoms with Gasteiger partial charge in [0, 0.05) is 19.8 Å². The zero-order valence-corrected chi connectivity index (χ0v) is 9.57. The fourth-order valence-corrected chi connectivity index (χ4v) is 2.86. The van der Waals surface area contributed by atoms with Gasteiger partial charge in [0.05, 0.1) is 5.25 Å². The van der Waals surface area contributed by atoms with Crippen LogP contribution in [-0.4, -0.2) is 50.5 Å². The van der Waals surface area contributed by atoms with Crippen molar-refractivity contribution in [3.05, 3.63) is 0 Å². The first-order valence-corrected chi connectivity index (χ1v) is 6.52. The third kappa shape index (κ3) is 3.71. The second-order valence-electron chi connectivity index (χ2n) is 3.65. The number of hydrogen-bond acceptors (Lipinski definition) is 5. The molecule has 1 rings (SSSR count). The maximum atomic E-state index is 11.7. The van der Waals surface area contributed by atoms with Crippen LogP contribution in [0.1, 0.15) is 12.8 Å². The van der Waals surface area contributed by atoms with Crippen molar-refractivity contribution < 1.29 is 23.1 Å². The lowest BCUT2D eigenvalue weighted by Gasteiger charge is -2.22. The normalized spacial score (nSPS) is 20.6. The van der Waals surface area contributed by atoms with Gasteiger partial charge in [-0.05, 0) is 12.8 Å². The number of rotatable bonds is 5. The third-order valence-electron chi connectivity index (χ3n) is 2.43. The third-order valence-corrected chi connectivity index (χ3v) is 4.35. The summed E-state index contributed by atoms with van der Waals surface area (Å²) in [6.45, 7) is 0.544. The van der Waals surface area contributed by atoms with Crippen LogP contribution in [0.4, 0.5) is 0 Å². The molecule has 0 aromatic carbocycles. The highest BCUT2D eigenvalue weighted by molar-refractivity contribution is 7.90. The molecule has 1 fully saturated rings. The molecule has 16 heavy (non-hydrogen) atoms. The van der Waals surface area contributed by atoms with Crippen LogP contribution in [0, 0.1) is 0 Å². The number of ether oxygens (including phenoxy) is 1. The van der Waals surface area contributed by atoms with Gasteiger partial charge in [-0.1, -0.05) is 0 Å². The first-order chi connectivity index (χ1) is 7.43. The number of carbonyl (C=O) groups is 1. The van der Waals surface area contributed by atoms with Gasteiger partial charge in [0.2, 0.25) is 10.0 Å². The number of nitrogens with one attached hydrogen (secondary N) is 1. The topological polar surface area (TPSA) is 119 Å². The van der Waals surface area contributed by atoms with E-state index in [4.69, 9.17) is 15.6 Å². The van der Waals surface area contributed by atoms with E-state index < -0.39 is 27.3 Å². The lowest BCUT2D eigenvalue weighted by molar-refractivity contribution is -0.138.